The molecule has 0 saturated heterocycles. The summed E-state index contributed by atoms with van der Waals surface area (Å²) in [4.78, 5) is 0. The Morgan fingerprint density at radius 2 is 2.12 bits per heavy atom. The van der Waals surface area contributed by atoms with Gasteiger partial charge in [0.25, 0.3) is 0 Å². The smallest absolute Gasteiger partial charge is 0.0705 e. The molecule has 0 radical (unpaired) electrons. The summed E-state index contributed by atoms with van der Waals surface area (Å²) in [5.41, 5.74) is 5.59. The molecule has 0 aromatic carbocycles. The normalized spacial score (nSPS) is 28.7. The zero-order chi connectivity index (χ0) is 11.8. The molecule has 3 nitrogen and oxygen atoms in total. The fraction of sp³-hybridized carbons (Fsp3) is 1.00. The molecule has 1 rings (SSSR count). The quantitative estimate of drug-likeness (QED) is 0.683. The molecule has 0 aliphatic heterocycles. The summed E-state index contributed by atoms with van der Waals surface area (Å²) >= 11 is 0. The van der Waals surface area contributed by atoms with Crippen molar-refractivity contribution in [3.8, 4) is 0 Å². The number of nitrogens with one attached hydrogen (secondary N) is 1. The van der Waals surface area contributed by atoms with E-state index < -0.39 is 0 Å². The number of ether oxygens (including phenoxy) is 1. The molecule has 0 amide bonds. The molecule has 0 bridgehead atoms. The average molecular weight is 228 g/mol. The first-order chi connectivity index (χ1) is 7.76. The topological polar surface area (TPSA) is 47.3 Å². The molecule has 3 unspecified atom stereocenters. The van der Waals surface area contributed by atoms with Crippen LogP contribution in [0.1, 0.15) is 45.4 Å². The Hall–Kier alpha value is -0.120. The third kappa shape index (κ3) is 5.28. The van der Waals surface area contributed by atoms with E-state index >= 15 is 0 Å². The lowest BCUT2D eigenvalue weighted by molar-refractivity contribution is 0.101. The van der Waals surface area contributed by atoms with Crippen LogP contribution in [0.25, 0.3) is 0 Å². The van der Waals surface area contributed by atoms with Gasteiger partial charge in [0, 0.05) is 19.7 Å². The maximum Gasteiger partial charge on any atom is 0.0705 e. The van der Waals surface area contributed by atoms with Gasteiger partial charge in [-0.2, -0.15) is 0 Å². The van der Waals surface area contributed by atoms with E-state index in [4.69, 9.17) is 10.5 Å². The number of rotatable bonds is 6. The van der Waals surface area contributed by atoms with Crippen LogP contribution in [-0.2, 0) is 4.74 Å². The van der Waals surface area contributed by atoms with Gasteiger partial charge in [0.1, 0.15) is 0 Å². The van der Waals surface area contributed by atoms with Crippen molar-refractivity contribution in [1.29, 1.82) is 0 Å². The first-order valence-corrected chi connectivity index (χ1v) is 6.72. The largest absolute Gasteiger partial charge is 0.380 e. The van der Waals surface area contributed by atoms with E-state index in [0.29, 0.717) is 6.54 Å². The van der Waals surface area contributed by atoms with E-state index in [0.717, 1.165) is 24.9 Å². The highest BCUT2D eigenvalue weighted by Gasteiger charge is 2.15. The minimum Gasteiger partial charge on any atom is -0.380 e. The number of methoxy groups -OCH3 is 1. The second-order valence-electron chi connectivity index (χ2n) is 5.15. The summed E-state index contributed by atoms with van der Waals surface area (Å²) in [5.74, 6) is 0.919. The van der Waals surface area contributed by atoms with Gasteiger partial charge in [-0.05, 0) is 38.1 Å². The van der Waals surface area contributed by atoms with E-state index in [1.807, 2.05) is 0 Å². The van der Waals surface area contributed by atoms with Gasteiger partial charge in [-0.3, -0.25) is 0 Å². The lowest BCUT2D eigenvalue weighted by Crippen LogP contribution is -2.33. The highest BCUT2D eigenvalue weighted by Crippen LogP contribution is 2.22. The first-order valence-electron chi connectivity index (χ1n) is 6.72. The predicted molar refractivity (Wildman–Crippen MR) is 68.5 cm³/mol. The van der Waals surface area contributed by atoms with Crippen molar-refractivity contribution in [2.24, 2.45) is 11.7 Å². The maximum atomic E-state index is 5.59. The molecule has 0 aromatic heterocycles. The van der Waals surface area contributed by atoms with Gasteiger partial charge >= 0.3 is 0 Å². The monoisotopic (exact) mass is 228 g/mol. The summed E-state index contributed by atoms with van der Waals surface area (Å²) in [7, 11) is 1.74. The van der Waals surface area contributed by atoms with E-state index in [-0.39, 0.29) is 6.10 Å². The van der Waals surface area contributed by atoms with E-state index in [2.05, 4.69) is 12.2 Å². The molecule has 3 atom stereocenters. The Labute approximate surface area is 100 Å². The fourth-order valence-electron chi connectivity index (χ4n) is 2.47. The predicted octanol–water partition coefficient (Wildman–Crippen LogP) is 1.91. The molecular formula is C13H28N2O. The van der Waals surface area contributed by atoms with Crippen LogP contribution in [0.4, 0.5) is 0 Å². The van der Waals surface area contributed by atoms with Gasteiger partial charge in [-0.25, -0.2) is 0 Å². The van der Waals surface area contributed by atoms with Crippen molar-refractivity contribution in [3.05, 3.63) is 0 Å². The van der Waals surface area contributed by atoms with Crippen molar-refractivity contribution in [3.63, 3.8) is 0 Å². The van der Waals surface area contributed by atoms with Gasteiger partial charge in [0.05, 0.1) is 6.10 Å². The number of nitrogens with two attached hydrogens (primary N) is 1. The third-order valence-electron chi connectivity index (χ3n) is 3.75. The van der Waals surface area contributed by atoms with Crippen LogP contribution in [0.2, 0.25) is 0 Å². The Balaban J connectivity index is 2.12. The minimum absolute atomic E-state index is 0.220. The van der Waals surface area contributed by atoms with Crippen molar-refractivity contribution >= 4 is 0 Å². The second-order valence-corrected chi connectivity index (χ2v) is 5.15. The Morgan fingerprint density at radius 1 is 1.31 bits per heavy atom. The molecule has 0 aromatic rings. The molecular weight excluding hydrogens is 200 g/mol. The van der Waals surface area contributed by atoms with Crippen LogP contribution in [0, 0.1) is 5.92 Å². The lowest BCUT2D eigenvalue weighted by Gasteiger charge is -2.18. The molecule has 96 valence electrons. The molecule has 1 saturated carbocycles. The van der Waals surface area contributed by atoms with Crippen LogP contribution in [0.15, 0.2) is 0 Å². The molecule has 3 N–H and O–H groups in total. The second kappa shape index (κ2) is 8.04. The average Bonchev–Trinajstić information content (AvgIpc) is 2.50. The molecule has 16 heavy (non-hydrogen) atoms. The number of hydrogen-bond donors (Lipinski definition) is 2. The fourth-order valence-corrected chi connectivity index (χ4v) is 2.47. The van der Waals surface area contributed by atoms with E-state index in [9.17, 15) is 0 Å². The summed E-state index contributed by atoms with van der Waals surface area (Å²) in [5, 5.41) is 3.65. The summed E-state index contributed by atoms with van der Waals surface area (Å²) in [6, 6.07) is 0.722. The molecule has 1 aliphatic rings. The summed E-state index contributed by atoms with van der Waals surface area (Å²) in [6.07, 6.45) is 8.08. The van der Waals surface area contributed by atoms with Crippen molar-refractivity contribution in [2.45, 2.75) is 57.6 Å². The zero-order valence-electron chi connectivity index (χ0n) is 10.9. The highest BCUT2D eigenvalue weighted by atomic mass is 16.5. The highest BCUT2D eigenvalue weighted by molar-refractivity contribution is 4.74. The standard InChI is InChI=1S/C13H28N2O/c1-11-4-3-5-12(7-6-11)15-9-8-13(10-14)16-2/h11-13,15H,3-10,14H2,1-2H3. The Bertz CT molecular complexity index is 171. The molecule has 1 fully saturated rings. The first kappa shape index (κ1) is 13.9. The van der Waals surface area contributed by atoms with Crippen molar-refractivity contribution in [1.82, 2.24) is 5.32 Å². The molecule has 1 aliphatic carbocycles. The summed E-state index contributed by atoms with van der Waals surface area (Å²) in [6.45, 7) is 4.03. The van der Waals surface area contributed by atoms with Gasteiger partial charge in [-0.1, -0.05) is 19.8 Å². The maximum absolute atomic E-state index is 5.59. The summed E-state index contributed by atoms with van der Waals surface area (Å²) < 4.78 is 5.27. The van der Waals surface area contributed by atoms with Crippen molar-refractivity contribution < 1.29 is 4.74 Å². The molecule has 0 heterocycles. The lowest BCUT2D eigenvalue weighted by atomic mass is 10.0. The van der Waals surface area contributed by atoms with Gasteiger partial charge in [-0.15, -0.1) is 0 Å². The van der Waals surface area contributed by atoms with Crippen molar-refractivity contribution in [2.75, 3.05) is 20.2 Å². The van der Waals surface area contributed by atoms with E-state index in [1.54, 1.807) is 7.11 Å². The van der Waals surface area contributed by atoms with Crippen LogP contribution in [-0.4, -0.2) is 32.3 Å². The third-order valence-corrected chi connectivity index (χ3v) is 3.75. The van der Waals surface area contributed by atoms with E-state index in [1.165, 1.54) is 32.1 Å². The van der Waals surface area contributed by atoms with Gasteiger partial charge in [0.15, 0.2) is 0 Å². The SMILES string of the molecule is COC(CN)CCNC1CCCC(C)CC1. The molecule has 3 heteroatoms. The van der Waals surface area contributed by atoms with Crippen LogP contribution >= 0.6 is 0 Å². The zero-order valence-corrected chi connectivity index (χ0v) is 10.9. The molecule has 0 spiro atoms. The van der Waals surface area contributed by atoms with Crippen LogP contribution in [0.5, 0.6) is 0 Å². The van der Waals surface area contributed by atoms with Crippen LogP contribution < -0.4 is 11.1 Å². The van der Waals surface area contributed by atoms with Gasteiger partial charge < -0.3 is 15.8 Å². The Kier molecular flexibility index (Phi) is 7.01. The Morgan fingerprint density at radius 3 is 2.81 bits per heavy atom. The van der Waals surface area contributed by atoms with Crippen LogP contribution in [0.3, 0.4) is 0 Å². The van der Waals surface area contributed by atoms with Gasteiger partial charge in [0.2, 0.25) is 0 Å². The minimum atomic E-state index is 0.220. The number of hydrogen-bond acceptors (Lipinski definition) is 3.